The zero-order chi connectivity index (χ0) is 12.4. The Morgan fingerprint density at radius 3 is 2.76 bits per heavy atom. The predicted molar refractivity (Wildman–Crippen MR) is 65.4 cm³/mol. The Hall–Kier alpha value is -1.43. The fourth-order valence-corrected chi connectivity index (χ4v) is 1.90. The van der Waals surface area contributed by atoms with Crippen LogP contribution in [0, 0.1) is 0 Å². The fourth-order valence-electron chi connectivity index (χ4n) is 1.90. The van der Waals surface area contributed by atoms with Crippen LogP contribution in [0.25, 0.3) is 11.0 Å². The highest BCUT2D eigenvalue weighted by Gasteiger charge is 2.15. The van der Waals surface area contributed by atoms with Crippen molar-refractivity contribution in [2.75, 3.05) is 6.61 Å². The summed E-state index contributed by atoms with van der Waals surface area (Å²) in [6.45, 7) is 1.88. The van der Waals surface area contributed by atoms with Crippen LogP contribution in [0.4, 0.5) is 0 Å². The van der Waals surface area contributed by atoms with Crippen molar-refractivity contribution in [1.82, 2.24) is 9.55 Å². The van der Waals surface area contributed by atoms with Gasteiger partial charge in [-0.05, 0) is 19.1 Å². The number of benzene rings is 1. The van der Waals surface area contributed by atoms with E-state index in [1.54, 1.807) is 0 Å². The van der Waals surface area contributed by atoms with E-state index in [1.807, 2.05) is 35.8 Å². The minimum Gasteiger partial charge on any atom is -0.394 e. The van der Waals surface area contributed by atoms with Gasteiger partial charge in [0.25, 0.3) is 0 Å². The first-order valence-corrected chi connectivity index (χ1v) is 5.63. The lowest BCUT2D eigenvalue weighted by molar-refractivity contribution is 0.0812. The molecule has 1 aromatic carbocycles. The van der Waals surface area contributed by atoms with Crippen LogP contribution in [0.3, 0.4) is 0 Å². The van der Waals surface area contributed by atoms with Crippen LogP contribution in [0.5, 0.6) is 0 Å². The minimum absolute atomic E-state index is 0.215. The highest BCUT2D eigenvalue weighted by atomic mass is 16.3. The summed E-state index contributed by atoms with van der Waals surface area (Å²) in [6.07, 6.45) is -0.801. The van der Waals surface area contributed by atoms with E-state index in [9.17, 15) is 5.11 Å². The van der Waals surface area contributed by atoms with E-state index in [2.05, 4.69) is 4.98 Å². The molecule has 0 aliphatic carbocycles. The van der Waals surface area contributed by atoms with Gasteiger partial charge in [0.2, 0.25) is 0 Å². The zero-order valence-electron chi connectivity index (χ0n) is 9.74. The Morgan fingerprint density at radius 1 is 1.41 bits per heavy atom. The molecule has 2 aromatic rings. The van der Waals surface area contributed by atoms with Gasteiger partial charge in [-0.3, -0.25) is 0 Å². The lowest BCUT2D eigenvalue weighted by Gasteiger charge is -2.14. The van der Waals surface area contributed by atoms with Gasteiger partial charge >= 0.3 is 0 Å². The molecule has 17 heavy (non-hydrogen) atoms. The molecule has 0 saturated carbocycles. The van der Waals surface area contributed by atoms with E-state index < -0.39 is 6.10 Å². The normalized spacial score (nSPS) is 15.1. The molecule has 2 rings (SSSR count). The van der Waals surface area contributed by atoms with Crippen LogP contribution in [0.2, 0.25) is 0 Å². The summed E-state index contributed by atoms with van der Waals surface area (Å²) in [5, 5.41) is 18.5. The van der Waals surface area contributed by atoms with Gasteiger partial charge in [0, 0.05) is 0 Å². The van der Waals surface area contributed by atoms with Gasteiger partial charge in [-0.2, -0.15) is 0 Å². The smallest absolute Gasteiger partial charge is 0.126 e. The van der Waals surface area contributed by atoms with Gasteiger partial charge in [-0.25, -0.2) is 4.98 Å². The molecule has 0 radical (unpaired) electrons. The molecule has 2 atom stereocenters. The number of hydrogen-bond acceptors (Lipinski definition) is 4. The number of fused-ring (bicyclic) bond motifs is 1. The molecule has 5 nitrogen and oxygen atoms in total. The molecule has 2 unspecified atom stereocenters. The SMILES string of the molecule is CC(N)c1nc2ccccc2n1CC(O)CO. The third-order valence-electron chi connectivity index (χ3n) is 2.70. The average Bonchev–Trinajstić information content (AvgIpc) is 2.68. The summed E-state index contributed by atoms with van der Waals surface area (Å²) in [6, 6.07) is 7.44. The number of nitrogens with zero attached hydrogens (tertiary/aromatic N) is 2. The molecule has 92 valence electrons. The van der Waals surface area contributed by atoms with Crippen LogP contribution in [0.15, 0.2) is 24.3 Å². The maximum Gasteiger partial charge on any atom is 0.126 e. The minimum atomic E-state index is -0.801. The second kappa shape index (κ2) is 4.83. The predicted octanol–water partition coefficient (Wildman–Crippen LogP) is 0.409. The Bertz CT molecular complexity index is 507. The Kier molecular flexibility index (Phi) is 3.42. The summed E-state index contributed by atoms with van der Waals surface area (Å²) >= 11 is 0. The van der Waals surface area contributed by atoms with Crippen LogP contribution >= 0.6 is 0 Å². The van der Waals surface area contributed by atoms with Gasteiger partial charge in [0.05, 0.1) is 36.3 Å². The topological polar surface area (TPSA) is 84.3 Å². The van der Waals surface area contributed by atoms with Crippen LogP contribution in [-0.2, 0) is 6.54 Å². The molecule has 0 fully saturated rings. The second-order valence-corrected chi connectivity index (χ2v) is 4.19. The Balaban J connectivity index is 2.52. The number of para-hydroxylation sites is 2. The van der Waals surface area contributed by atoms with Gasteiger partial charge in [0.15, 0.2) is 0 Å². The molecule has 0 amide bonds. The summed E-state index contributed by atoms with van der Waals surface area (Å²) in [5.74, 6) is 0.721. The zero-order valence-corrected chi connectivity index (χ0v) is 9.74. The molecule has 0 bridgehead atoms. The molecule has 1 heterocycles. The molecular formula is C12H17N3O2. The van der Waals surface area contributed by atoms with Crippen LogP contribution < -0.4 is 5.73 Å². The summed E-state index contributed by atoms with van der Waals surface area (Å²) in [4.78, 5) is 4.44. The van der Waals surface area contributed by atoms with Crippen molar-refractivity contribution < 1.29 is 10.2 Å². The molecule has 0 saturated heterocycles. The number of aliphatic hydroxyl groups is 2. The number of imidazole rings is 1. The van der Waals surface area contributed by atoms with Gasteiger partial charge in [0.1, 0.15) is 5.82 Å². The van der Waals surface area contributed by atoms with E-state index in [0.29, 0.717) is 6.54 Å². The number of aliphatic hydroxyl groups excluding tert-OH is 2. The first-order chi connectivity index (χ1) is 8.13. The molecule has 5 heteroatoms. The van der Waals surface area contributed by atoms with E-state index >= 15 is 0 Å². The van der Waals surface area contributed by atoms with E-state index in [1.165, 1.54) is 0 Å². The first-order valence-electron chi connectivity index (χ1n) is 5.63. The highest BCUT2D eigenvalue weighted by Crippen LogP contribution is 2.19. The van der Waals surface area contributed by atoms with Crippen molar-refractivity contribution >= 4 is 11.0 Å². The summed E-state index contributed by atoms with van der Waals surface area (Å²) < 4.78 is 1.86. The van der Waals surface area contributed by atoms with Crippen molar-refractivity contribution in [1.29, 1.82) is 0 Å². The molecule has 4 N–H and O–H groups in total. The van der Waals surface area contributed by atoms with Gasteiger partial charge in [-0.1, -0.05) is 12.1 Å². The number of hydrogen-bond donors (Lipinski definition) is 3. The maximum atomic E-state index is 9.56. The molecule has 0 spiro atoms. The lowest BCUT2D eigenvalue weighted by atomic mass is 10.3. The third-order valence-corrected chi connectivity index (χ3v) is 2.70. The quantitative estimate of drug-likeness (QED) is 0.716. The van der Waals surface area contributed by atoms with Crippen molar-refractivity contribution in [2.24, 2.45) is 5.73 Å². The highest BCUT2D eigenvalue weighted by molar-refractivity contribution is 5.76. The fraction of sp³-hybridized carbons (Fsp3) is 0.417. The van der Waals surface area contributed by atoms with E-state index in [4.69, 9.17) is 10.8 Å². The number of nitrogens with two attached hydrogens (primary N) is 1. The van der Waals surface area contributed by atoms with Crippen molar-refractivity contribution in [3.8, 4) is 0 Å². The number of aromatic nitrogens is 2. The van der Waals surface area contributed by atoms with E-state index in [-0.39, 0.29) is 12.6 Å². The van der Waals surface area contributed by atoms with Gasteiger partial charge < -0.3 is 20.5 Å². The maximum absolute atomic E-state index is 9.56. The molecule has 0 aliphatic heterocycles. The van der Waals surface area contributed by atoms with E-state index in [0.717, 1.165) is 16.9 Å². The largest absolute Gasteiger partial charge is 0.394 e. The Morgan fingerprint density at radius 2 is 2.12 bits per heavy atom. The van der Waals surface area contributed by atoms with Gasteiger partial charge in [-0.15, -0.1) is 0 Å². The first kappa shape index (κ1) is 12.0. The summed E-state index contributed by atoms with van der Waals surface area (Å²) in [7, 11) is 0. The monoisotopic (exact) mass is 235 g/mol. The van der Waals surface area contributed by atoms with Crippen LogP contribution in [-0.4, -0.2) is 32.5 Å². The third kappa shape index (κ3) is 2.31. The van der Waals surface area contributed by atoms with Crippen LogP contribution in [0.1, 0.15) is 18.8 Å². The molecule has 0 aliphatic rings. The molecule has 1 aromatic heterocycles. The second-order valence-electron chi connectivity index (χ2n) is 4.19. The summed E-state index contributed by atoms with van der Waals surface area (Å²) in [5.41, 5.74) is 7.64. The average molecular weight is 235 g/mol. The number of rotatable bonds is 4. The van der Waals surface area contributed by atoms with Crippen molar-refractivity contribution in [3.05, 3.63) is 30.1 Å². The standard InChI is InChI=1S/C12H17N3O2/c1-8(13)12-14-10-4-2-3-5-11(10)15(12)6-9(17)7-16/h2-5,8-9,16-17H,6-7,13H2,1H3. The Labute approximate surface area is 99.5 Å². The van der Waals surface area contributed by atoms with Crippen molar-refractivity contribution in [3.63, 3.8) is 0 Å². The van der Waals surface area contributed by atoms with Crippen molar-refractivity contribution in [2.45, 2.75) is 25.6 Å². The molecular weight excluding hydrogens is 218 g/mol. The lowest BCUT2D eigenvalue weighted by Crippen LogP contribution is -2.23.